The molecule has 4 heteroatoms. The zero-order chi connectivity index (χ0) is 14.7. The van der Waals surface area contributed by atoms with Crippen LogP contribution in [0, 0.1) is 12.7 Å². The first-order valence-corrected chi connectivity index (χ1v) is 7.39. The van der Waals surface area contributed by atoms with E-state index < -0.39 is 0 Å². The zero-order valence-electron chi connectivity index (χ0n) is 12.8. The second-order valence-electron chi connectivity index (χ2n) is 6.06. The summed E-state index contributed by atoms with van der Waals surface area (Å²) in [6.07, 6.45) is 2.40. The molecule has 0 radical (unpaired) electrons. The molecule has 0 amide bonds. The second-order valence-corrected chi connectivity index (χ2v) is 6.06. The number of benzene rings is 1. The summed E-state index contributed by atoms with van der Waals surface area (Å²) < 4.78 is 13.8. The minimum Gasteiger partial charge on any atom is -0.329 e. The maximum atomic E-state index is 13.8. The van der Waals surface area contributed by atoms with Crippen molar-refractivity contribution in [2.24, 2.45) is 5.73 Å². The van der Waals surface area contributed by atoms with Gasteiger partial charge in [0.05, 0.1) is 0 Å². The topological polar surface area (TPSA) is 32.5 Å². The summed E-state index contributed by atoms with van der Waals surface area (Å²) >= 11 is 0. The number of nitrogens with two attached hydrogens (primary N) is 1. The summed E-state index contributed by atoms with van der Waals surface area (Å²) in [7, 11) is 4.19. The molecule has 1 heterocycles. The fraction of sp³-hybridized carbons (Fsp3) is 0.625. The molecule has 2 rings (SSSR count). The Morgan fingerprint density at radius 3 is 2.80 bits per heavy atom. The highest BCUT2D eigenvalue weighted by atomic mass is 19.1. The molecule has 2 N–H and O–H groups in total. The smallest absolute Gasteiger partial charge is 0.126 e. The number of likely N-dealkylation sites (tertiary alicyclic amines) is 1. The number of nitrogens with zero attached hydrogens (tertiary/aromatic N) is 2. The van der Waals surface area contributed by atoms with Crippen LogP contribution in [0.15, 0.2) is 18.2 Å². The molecule has 0 aromatic heterocycles. The minimum absolute atomic E-state index is 0.123. The molecule has 0 spiro atoms. The largest absolute Gasteiger partial charge is 0.329 e. The number of halogens is 1. The summed E-state index contributed by atoms with van der Waals surface area (Å²) in [6, 6.07) is 6.16. The van der Waals surface area contributed by atoms with Gasteiger partial charge in [0.2, 0.25) is 0 Å². The highest BCUT2D eigenvalue weighted by molar-refractivity contribution is 5.26. The number of aryl methyl sites for hydroxylation is 1. The Hall–Kier alpha value is -0.970. The van der Waals surface area contributed by atoms with Crippen LogP contribution in [0.4, 0.5) is 4.39 Å². The zero-order valence-corrected chi connectivity index (χ0v) is 12.8. The van der Waals surface area contributed by atoms with Crippen LogP contribution in [0.2, 0.25) is 0 Å². The molecule has 1 aliphatic heterocycles. The van der Waals surface area contributed by atoms with Crippen LogP contribution in [-0.4, -0.2) is 49.6 Å². The van der Waals surface area contributed by atoms with Gasteiger partial charge in [0.15, 0.2) is 0 Å². The van der Waals surface area contributed by atoms with E-state index in [2.05, 4.69) is 23.9 Å². The molecule has 0 bridgehead atoms. The van der Waals surface area contributed by atoms with Crippen molar-refractivity contribution >= 4 is 0 Å². The van der Waals surface area contributed by atoms with Crippen molar-refractivity contribution in [1.29, 1.82) is 0 Å². The van der Waals surface area contributed by atoms with E-state index in [1.165, 1.54) is 12.8 Å². The Morgan fingerprint density at radius 1 is 1.45 bits per heavy atom. The van der Waals surface area contributed by atoms with Crippen LogP contribution in [0.5, 0.6) is 0 Å². The van der Waals surface area contributed by atoms with Gasteiger partial charge in [0.25, 0.3) is 0 Å². The third-order valence-electron chi connectivity index (χ3n) is 4.20. The Kier molecular flexibility index (Phi) is 5.13. The molecule has 20 heavy (non-hydrogen) atoms. The number of likely N-dealkylation sites (N-methyl/N-ethyl adjacent to an activating group) is 1. The lowest BCUT2D eigenvalue weighted by molar-refractivity contribution is 0.155. The van der Waals surface area contributed by atoms with E-state index in [0.717, 1.165) is 18.7 Å². The van der Waals surface area contributed by atoms with Crippen LogP contribution in [0.25, 0.3) is 0 Å². The second kappa shape index (κ2) is 6.66. The van der Waals surface area contributed by atoms with Gasteiger partial charge < -0.3 is 10.6 Å². The predicted octanol–water partition coefficient (Wildman–Crippen LogP) is 2.16. The summed E-state index contributed by atoms with van der Waals surface area (Å²) in [5, 5.41) is 0. The van der Waals surface area contributed by atoms with Gasteiger partial charge in [-0.1, -0.05) is 12.1 Å². The summed E-state index contributed by atoms with van der Waals surface area (Å²) in [5.41, 5.74) is 7.68. The van der Waals surface area contributed by atoms with E-state index in [1.54, 1.807) is 13.0 Å². The van der Waals surface area contributed by atoms with Crippen molar-refractivity contribution < 1.29 is 4.39 Å². The number of hydrogen-bond donors (Lipinski definition) is 1. The normalized spacial score (nSPS) is 21.6. The van der Waals surface area contributed by atoms with Crippen LogP contribution in [0.3, 0.4) is 0 Å². The van der Waals surface area contributed by atoms with Gasteiger partial charge in [-0.2, -0.15) is 0 Å². The standard InChI is InChI=1S/C16H26FN3/c1-12-6-7-13(9-15(12)17)16(10-18)20-8-4-5-14(20)11-19(2)3/h6-7,9,14,16H,4-5,8,10-11,18H2,1-3H3. The van der Waals surface area contributed by atoms with Crippen molar-refractivity contribution in [2.75, 3.05) is 33.7 Å². The third kappa shape index (κ3) is 3.37. The van der Waals surface area contributed by atoms with Crippen molar-refractivity contribution in [3.05, 3.63) is 35.1 Å². The fourth-order valence-electron chi connectivity index (χ4n) is 3.17. The van der Waals surface area contributed by atoms with Gasteiger partial charge in [-0.05, 0) is 57.6 Å². The first-order valence-electron chi connectivity index (χ1n) is 7.39. The molecular formula is C16H26FN3. The molecule has 1 aromatic carbocycles. The SMILES string of the molecule is Cc1ccc(C(CN)N2CCCC2CN(C)C)cc1F. The van der Waals surface area contributed by atoms with E-state index in [1.807, 2.05) is 12.1 Å². The highest BCUT2D eigenvalue weighted by Crippen LogP contribution is 2.29. The Bertz CT molecular complexity index is 447. The van der Waals surface area contributed by atoms with Crippen molar-refractivity contribution in [3.63, 3.8) is 0 Å². The lowest BCUT2D eigenvalue weighted by Crippen LogP contribution is -2.42. The lowest BCUT2D eigenvalue weighted by Gasteiger charge is -2.34. The van der Waals surface area contributed by atoms with E-state index >= 15 is 0 Å². The van der Waals surface area contributed by atoms with Crippen LogP contribution in [0.1, 0.15) is 30.0 Å². The molecule has 0 saturated carbocycles. The molecule has 1 fully saturated rings. The van der Waals surface area contributed by atoms with Gasteiger partial charge in [-0.3, -0.25) is 4.90 Å². The van der Waals surface area contributed by atoms with Gasteiger partial charge >= 0.3 is 0 Å². The maximum Gasteiger partial charge on any atom is 0.126 e. The van der Waals surface area contributed by atoms with Crippen molar-refractivity contribution in [3.8, 4) is 0 Å². The van der Waals surface area contributed by atoms with Crippen LogP contribution >= 0.6 is 0 Å². The molecule has 0 aliphatic carbocycles. The molecular weight excluding hydrogens is 253 g/mol. The molecule has 1 saturated heterocycles. The fourth-order valence-corrected chi connectivity index (χ4v) is 3.17. The van der Waals surface area contributed by atoms with E-state index in [9.17, 15) is 4.39 Å². The first kappa shape index (κ1) is 15.4. The van der Waals surface area contributed by atoms with Crippen molar-refractivity contribution in [1.82, 2.24) is 9.80 Å². The summed E-state index contributed by atoms with van der Waals surface area (Å²) in [6.45, 7) is 4.41. The van der Waals surface area contributed by atoms with E-state index in [4.69, 9.17) is 5.73 Å². The molecule has 1 aromatic rings. The number of rotatable bonds is 5. The predicted molar refractivity (Wildman–Crippen MR) is 81.2 cm³/mol. The Morgan fingerprint density at radius 2 is 2.20 bits per heavy atom. The Labute approximate surface area is 121 Å². The minimum atomic E-state index is -0.135. The average molecular weight is 279 g/mol. The van der Waals surface area contributed by atoms with E-state index in [-0.39, 0.29) is 11.9 Å². The first-order chi connectivity index (χ1) is 9.52. The van der Waals surface area contributed by atoms with Gasteiger partial charge in [-0.25, -0.2) is 4.39 Å². The third-order valence-corrected chi connectivity index (χ3v) is 4.20. The highest BCUT2D eigenvalue weighted by Gasteiger charge is 2.31. The van der Waals surface area contributed by atoms with Gasteiger partial charge in [0.1, 0.15) is 5.82 Å². The monoisotopic (exact) mass is 279 g/mol. The molecule has 2 atom stereocenters. The molecule has 112 valence electrons. The van der Waals surface area contributed by atoms with E-state index in [0.29, 0.717) is 18.2 Å². The van der Waals surface area contributed by atoms with Crippen molar-refractivity contribution in [2.45, 2.75) is 31.8 Å². The van der Waals surface area contributed by atoms with Gasteiger partial charge in [0, 0.05) is 25.2 Å². The Balaban J connectivity index is 2.20. The average Bonchev–Trinajstić information content (AvgIpc) is 2.82. The number of hydrogen-bond acceptors (Lipinski definition) is 3. The quantitative estimate of drug-likeness (QED) is 0.896. The molecule has 2 unspecified atom stereocenters. The maximum absolute atomic E-state index is 13.8. The van der Waals surface area contributed by atoms with Gasteiger partial charge in [-0.15, -0.1) is 0 Å². The lowest BCUT2D eigenvalue weighted by atomic mass is 10.0. The molecule has 3 nitrogen and oxygen atoms in total. The summed E-state index contributed by atoms with van der Waals surface area (Å²) in [4.78, 5) is 4.66. The summed E-state index contributed by atoms with van der Waals surface area (Å²) in [5.74, 6) is -0.135. The van der Waals surface area contributed by atoms with Crippen LogP contribution in [-0.2, 0) is 0 Å². The molecule has 1 aliphatic rings. The van der Waals surface area contributed by atoms with Crippen LogP contribution < -0.4 is 5.73 Å².